The van der Waals surface area contributed by atoms with Crippen molar-refractivity contribution in [2.75, 3.05) is 26.2 Å². The van der Waals surface area contributed by atoms with Crippen LogP contribution in [0, 0.1) is 0 Å². The summed E-state index contributed by atoms with van der Waals surface area (Å²) in [5.41, 5.74) is 2.10. The van der Waals surface area contributed by atoms with E-state index in [0.29, 0.717) is 54.8 Å². The molecular formula is C19H19N5O3. The van der Waals surface area contributed by atoms with Gasteiger partial charge in [0.05, 0.1) is 11.0 Å². The van der Waals surface area contributed by atoms with E-state index in [1.54, 1.807) is 52.5 Å². The minimum absolute atomic E-state index is 0.0435. The maximum Gasteiger partial charge on any atom is 0.323 e. The number of nitrogens with zero attached hydrogens (tertiary/aromatic N) is 3. The topological polar surface area (TPSA) is 102 Å². The maximum atomic E-state index is 12.9. The number of amides is 2. The van der Waals surface area contributed by atoms with Gasteiger partial charge in [0.15, 0.2) is 0 Å². The Hall–Kier alpha value is -3.42. The predicted molar refractivity (Wildman–Crippen MR) is 99.6 cm³/mol. The van der Waals surface area contributed by atoms with Gasteiger partial charge in [-0.2, -0.15) is 0 Å². The highest BCUT2D eigenvalue weighted by molar-refractivity contribution is 5.97. The molecule has 3 aromatic rings. The third-order valence-corrected chi connectivity index (χ3v) is 4.76. The molecule has 0 atom stereocenters. The van der Waals surface area contributed by atoms with E-state index in [1.165, 1.54) is 0 Å². The zero-order valence-electron chi connectivity index (χ0n) is 14.6. The maximum absolute atomic E-state index is 12.9. The second-order valence-corrected chi connectivity index (χ2v) is 6.51. The lowest BCUT2D eigenvalue weighted by atomic mass is 10.1. The molecule has 1 fully saturated rings. The zero-order chi connectivity index (χ0) is 18.8. The number of carbonyl (C=O) groups is 2. The molecule has 1 saturated heterocycles. The van der Waals surface area contributed by atoms with Crippen molar-refractivity contribution >= 4 is 22.8 Å². The molecule has 2 aromatic heterocycles. The molecule has 4 rings (SSSR count). The van der Waals surface area contributed by atoms with Crippen LogP contribution in [0.15, 0.2) is 47.5 Å². The van der Waals surface area contributed by atoms with Gasteiger partial charge in [0.1, 0.15) is 0 Å². The van der Waals surface area contributed by atoms with Crippen LogP contribution in [-0.4, -0.2) is 62.7 Å². The fourth-order valence-corrected chi connectivity index (χ4v) is 3.35. The van der Waals surface area contributed by atoms with E-state index in [1.807, 2.05) is 0 Å². The summed E-state index contributed by atoms with van der Waals surface area (Å²) in [5, 5.41) is 0. The number of rotatable bonds is 2. The number of pyridine rings is 1. The quantitative estimate of drug-likeness (QED) is 0.713. The largest absolute Gasteiger partial charge is 0.337 e. The molecule has 138 valence electrons. The smallest absolute Gasteiger partial charge is 0.323 e. The van der Waals surface area contributed by atoms with Gasteiger partial charge in [-0.05, 0) is 36.8 Å². The monoisotopic (exact) mass is 365 g/mol. The molecule has 1 aliphatic heterocycles. The summed E-state index contributed by atoms with van der Waals surface area (Å²) >= 11 is 0. The van der Waals surface area contributed by atoms with Crippen molar-refractivity contribution in [1.82, 2.24) is 24.8 Å². The van der Waals surface area contributed by atoms with E-state index in [2.05, 4.69) is 15.0 Å². The zero-order valence-corrected chi connectivity index (χ0v) is 14.6. The number of hydrogen-bond donors (Lipinski definition) is 2. The highest BCUT2D eigenvalue weighted by Gasteiger charge is 2.23. The Morgan fingerprint density at radius 1 is 0.815 bits per heavy atom. The van der Waals surface area contributed by atoms with Crippen LogP contribution < -0.4 is 5.69 Å². The van der Waals surface area contributed by atoms with Gasteiger partial charge in [-0.25, -0.2) is 4.79 Å². The van der Waals surface area contributed by atoms with Crippen molar-refractivity contribution in [3.63, 3.8) is 0 Å². The van der Waals surface area contributed by atoms with Crippen molar-refractivity contribution < 1.29 is 9.59 Å². The average Bonchev–Trinajstić information content (AvgIpc) is 2.90. The number of hydrogen-bond acceptors (Lipinski definition) is 4. The molecule has 3 heterocycles. The minimum Gasteiger partial charge on any atom is -0.337 e. The lowest BCUT2D eigenvalue weighted by molar-refractivity contribution is 0.0719. The first-order chi connectivity index (χ1) is 13.1. The lowest BCUT2D eigenvalue weighted by Crippen LogP contribution is -2.37. The van der Waals surface area contributed by atoms with Gasteiger partial charge >= 0.3 is 5.69 Å². The molecule has 1 aliphatic rings. The highest BCUT2D eigenvalue weighted by Crippen LogP contribution is 2.15. The van der Waals surface area contributed by atoms with Gasteiger partial charge < -0.3 is 19.8 Å². The molecule has 2 amide bonds. The Balaban J connectivity index is 1.47. The van der Waals surface area contributed by atoms with E-state index in [0.717, 1.165) is 0 Å². The third-order valence-electron chi connectivity index (χ3n) is 4.76. The normalized spacial score (nSPS) is 15.0. The summed E-state index contributed by atoms with van der Waals surface area (Å²) in [7, 11) is 0. The number of fused-ring (bicyclic) bond motifs is 1. The van der Waals surface area contributed by atoms with Crippen LogP contribution in [0.1, 0.15) is 27.1 Å². The summed E-state index contributed by atoms with van der Waals surface area (Å²) in [4.78, 5) is 49.7. The van der Waals surface area contributed by atoms with Gasteiger partial charge in [-0.15, -0.1) is 0 Å². The Kier molecular flexibility index (Phi) is 4.45. The van der Waals surface area contributed by atoms with E-state index in [-0.39, 0.29) is 17.5 Å². The second kappa shape index (κ2) is 7.06. The molecule has 1 aromatic carbocycles. The number of aromatic nitrogens is 3. The Morgan fingerprint density at radius 3 is 2.15 bits per heavy atom. The van der Waals surface area contributed by atoms with Crippen LogP contribution in [0.2, 0.25) is 0 Å². The molecule has 8 nitrogen and oxygen atoms in total. The number of aromatic amines is 2. The molecule has 0 bridgehead atoms. The first-order valence-electron chi connectivity index (χ1n) is 8.82. The number of benzene rings is 1. The summed E-state index contributed by atoms with van der Waals surface area (Å²) in [6.45, 7) is 2.14. The van der Waals surface area contributed by atoms with E-state index in [4.69, 9.17) is 0 Å². The Labute approximate surface area is 154 Å². The van der Waals surface area contributed by atoms with Crippen molar-refractivity contribution in [2.24, 2.45) is 0 Å². The van der Waals surface area contributed by atoms with Gasteiger partial charge in [-0.3, -0.25) is 14.6 Å². The molecule has 0 radical (unpaired) electrons. The van der Waals surface area contributed by atoms with Crippen molar-refractivity contribution in [3.8, 4) is 0 Å². The molecule has 0 spiro atoms. The third kappa shape index (κ3) is 3.46. The van der Waals surface area contributed by atoms with E-state index < -0.39 is 0 Å². The molecule has 27 heavy (non-hydrogen) atoms. The fourth-order valence-electron chi connectivity index (χ4n) is 3.35. The van der Waals surface area contributed by atoms with Crippen LogP contribution in [0.5, 0.6) is 0 Å². The molecule has 0 unspecified atom stereocenters. The van der Waals surface area contributed by atoms with Gasteiger partial charge in [-0.1, -0.05) is 0 Å². The molecule has 0 aliphatic carbocycles. The van der Waals surface area contributed by atoms with E-state index in [9.17, 15) is 14.4 Å². The van der Waals surface area contributed by atoms with Gasteiger partial charge in [0.2, 0.25) is 0 Å². The molecular weight excluding hydrogens is 346 g/mol. The predicted octanol–water partition coefficient (Wildman–Crippen LogP) is 1.24. The van der Waals surface area contributed by atoms with Crippen LogP contribution in [0.25, 0.3) is 11.0 Å². The van der Waals surface area contributed by atoms with Crippen LogP contribution in [-0.2, 0) is 0 Å². The Bertz CT molecular complexity index is 1040. The summed E-state index contributed by atoms with van der Waals surface area (Å²) < 4.78 is 0. The van der Waals surface area contributed by atoms with Crippen LogP contribution in [0.3, 0.4) is 0 Å². The SMILES string of the molecule is O=C(c1ccncc1)N1CCCN(C(=O)c2ccc3[nH]c(=O)[nH]c3c2)CC1. The lowest BCUT2D eigenvalue weighted by Gasteiger charge is -2.22. The first kappa shape index (κ1) is 17.0. The highest BCUT2D eigenvalue weighted by atomic mass is 16.2. The average molecular weight is 365 g/mol. The fraction of sp³-hybridized carbons (Fsp3) is 0.263. The second-order valence-electron chi connectivity index (χ2n) is 6.51. The number of nitrogens with one attached hydrogen (secondary N) is 2. The minimum atomic E-state index is -0.297. The standard InChI is InChI=1S/C19H19N5O3/c25-17(13-4-6-20-7-5-13)23-8-1-9-24(11-10-23)18(26)14-2-3-15-16(12-14)22-19(27)21-15/h2-7,12H,1,8-11H2,(H2,21,22,27). The van der Waals surface area contributed by atoms with Gasteiger partial charge in [0.25, 0.3) is 11.8 Å². The summed E-state index contributed by atoms with van der Waals surface area (Å²) in [5.74, 6) is -0.143. The van der Waals surface area contributed by atoms with Crippen molar-refractivity contribution in [1.29, 1.82) is 0 Å². The molecule has 8 heteroatoms. The van der Waals surface area contributed by atoms with Crippen molar-refractivity contribution in [3.05, 3.63) is 64.3 Å². The Morgan fingerprint density at radius 2 is 1.44 bits per heavy atom. The first-order valence-corrected chi connectivity index (χ1v) is 8.82. The van der Waals surface area contributed by atoms with E-state index >= 15 is 0 Å². The number of H-pyrrole nitrogens is 2. The number of imidazole rings is 1. The van der Waals surface area contributed by atoms with Crippen molar-refractivity contribution in [2.45, 2.75) is 6.42 Å². The van der Waals surface area contributed by atoms with Crippen LogP contribution in [0.4, 0.5) is 0 Å². The van der Waals surface area contributed by atoms with Crippen LogP contribution >= 0.6 is 0 Å². The number of carbonyl (C=O) groups excluding carboxylic acids is 2. The van der Waals surface area contributed by atoms with Gasteiger partial charge in [0, 0.05) is 49.7 Å². The molecule has 2 N–H and O–H groups in total. The summed E-state index contributed by atoms with van der Waals surface area (Å²) in [6, 6.07) is 8.50. The summed E-state index contributed by atoms with van der Waals surface area (Å²) in [6.07, 6.45) is 3.91. The molecule has 0 saturated carbocycles.